The van der Waals surface area contributed by atoms with Crippen molar-refractivity contribution in [3.05, 3.63) is 47.5 Å². The molecule has 3 aromatic rings. The fourth-order valence-electron chi connectivity index (χ4n) is 2.95. The Labute approximate surface area is 178 Å². The normalized spacial score (nSPS) is 13.7. The molecule has 0 saturated heterocycles. The summed E-state index contributed by atoms with van der Waals surface area (Å²) in [5, 5.41) is 3.57. The predicted molar refractivity (Wildman–Crippen MR) is 113 cm³/mol. The number of benzene rings is 2. The second kappa shape index (κ2) is 8.99. The number of thiazole rings is 1. The average molecular weight is 448 g/mol. The van der Waals surface area contributed by atoms with Crippen molar-refractivity contribution >= 4 is 37.5 Å². The van der Waals surface area contributed by atoms with Crippen LogP contribution in [0.5, 0.6) is 11.5 Å². The van der Waals surface area contributed by atoms with Gasteiger partial charge in [-0.25, -0.2) is 18.1 Å². The number of hydrogen-bond donors (Lipinski definition) is 2. The molecule has 8 nitrogen and oxygen atoms in total. The first-order valence-electron chi connectivity index (χ1n) is 9.52. The van der Waals surface area contributed by atoms with Gasteiger partial charge in [-0.15, -0.1) is 11.3 Å². The molecule has 0 aliphatic carbocycles. The monoisotopic (exact) mass is 447 g/mol. The fraction of sp³-hybridized carbons (Fsp3) is 0.300. The van der Waals surface area contributed by atoms with Crippen LogP contribution in [0.1, 0.15) is 17.8 Å². The summed E-state index contributed by atoms with van der Waals surface area (Å²) >= 11 is 1.52. The molecule has 0 fully saturated rings. The number of carbonyl (C=O) groups is 1. The van der Waals surface area contributed by atoms with E-state index in [0.717, 1.165) is 21.6 Å². The number of sulfonamides is 1. The number of ether oxygens (including phenoxy) is 2. The second-order valence-electron chi connectivity index (χ2n) is 6.66. The van der Waals surface area contributed by atoms with Gasteiger partial charge in [0.2, 0.25) is 15.9 Å². The van der Waals surface area contributed by atoms with Crippen LogP contribution in [0, 0.1) is 0 Å². The van der Waals surface area contributed by atoms with Crippen LogP contribution in [0.3, 0.4) is 0 Å². The van der Waals surface area contributed by atoms with Crippen LogP contribution >= 0.6 is 11.3 Å². The first-order chi connectivity index (χ1) is 14.5. The van der Waals surface area contributed by atoms with E-state index in [1.54, 1.807) is 6.07 Å². The Morgan fingerprint density at radius 3 is 2.73 bits per heavy atom. The summed E-state index contributed by atoms with van der Waals surface area (Å²) in [7, 11) is -3.76. The quantitative estimate of drug-likeness (QED) is 0.576. The SMILES string of the molecule is O=C(CCNS(=O)(=O)c1ccc2c(c1)OCCCO2)NCc1nc2ccccc2s1. The Bertz CT molecular complexity index is 1130. The molecule has 0 radical (unpaired) electrons. The number of hydrogen-bond acceptors (Lipinski definition) is 7. The second-order valence-corrected chi connectivity index (χ2v) is 9.54. The Hall–Kier alpha value is -2.69. The zero-order valence-corrected chi connectivity index (χ0v) is 17.7. The third-order valence-corrected chi connectivity index (χ3v) is 6.94. The average Bonchev–Trinajstić information content (AvgIpc) is 3.00. The number of nitrogens with zero attached hydrogens (tertiary/aromatic N) is 1. The highest BCUT2D eigenvalue weighted by atomic mass is 32.2. The molecule has 0 atom stereocenters. The van der Waals surface area contributed by atoms with Gasteiger partial charge >= 0.3 is 0 Å². The van der Waals surface area contributed by atoms with E-state index in [9.17, 15) is 13.2 Å². The Kier molecular flexibility index (Phi) is 6.16. The van der Waals surface area contributed by atoms with Gasteiger partial charge in [0.05, 0.1) is 34.9 Å². The summed E-state index contributed by atoms with van der Waals surface area (Å²) < 4.78 is 39.6. The topological polar surface area (TPSA) is 107 Å². The molecule has 1 aliphatic rings. The number of fused-ring (bicyclic) bond motifs is 2. The van der Waals surface area contributed by atoms with Gasteiger partial charge in [-0.3, -0.25) is 4.79 Å². The van der Waals surface area contributed by atoms with E-state index in [1.807, 2.05) is 24.3 Å². The number of aromatic nitrogens is 1. The van der Waals surface area contributed by atoms with Crippen LogP contribution in [-0.4, -0.2) is 39.1 Å². The van der Waals surface area contributed by atoms with Crippen LogP contribution in [0.15, 0.2) is 47.4 Å². The lowest BCUT2D eigenvalue weighted by Gasteiger charge is -2.11. The molecule has 2 N–H and O–H groups in total. The molecule has 0 spiro atoms. The minimum absolute atomic E-state index is 0.0115. The molecule has 4 rings (SSSR count). The van der Waals surface area contributed by atoms with E-state index in [2.05, 4.69) is 15.0 Å². The third kappa shape index (κ3) is 4.89. The summed E-state index contributed by atoms with van der Waals surface area (Å²) in [4.78, 5) is 16.6. The molecule has 30 heavy (non-hydrogen) atoms. The molecule has 1 amide bonds. The van der Waals surface area contributed by atoms with Crippen molar-refractivity contribution < 1.29 is 22.7 Å². The van der Waals surface area contributed by atoms with Crippen molar-refractivity contribution in [1.29, 1.82) is 0 Å². The minimum Gasteiger partial charge on any atom is -0.490 e. The van der Waals surface area contributed by atoms with Crippen LogP contribution in [0.2, 0.25) is 0 Å². The lowest BCUT2D eigenvalue weighted by molar-refractivity contribution is -0.121. The molecule has 10 heteroatoms. The lowest BCUT2D eigenvalue weighted by atomic mass is 10.3. The van der Waals surface area contributed by atoms with Crippen LogP contribution in [0.4, 0.5) is 0 Å². The van der Waals surface area contributed by atoms with Crippen molar-refractivity contribution in [2.45, 2.75) is 24.3 Å². The van der Waals surface area contributed by atoms with Crippen molar-refractivity contribution in [1.82, 2.24) is 15.0 Å². The molecule has 1 aliphatic heterocycles. The minimum atomic E-state index is -3.76. The van der Waals surface area contributed by atoms with Crippen molar-refractivity contribution in [2.24, 2.45) is 0 Å². The summed E-state index contributed by atoms with van der Waals surface area (Å²) in [5.74, 6) is 0.681. The van der Waals surface area contributed by atoms with Gasteiger partial charge in [0, 0.05) is 25.5 Å². The number of nitrogens with one attached hydrogen (secondary N) is 2. The molecule has 2 heterocycles. The van der Waals surface area contributed by atoms with Gasteiger partial charge in [0.15, 0.2) is 11.5 Å². The van der Waals surface area contributed by atoms with Gasteiger partial charge in [-0.05, 0) is 24.3 Å². The number of amides is 1. The van der Waals surface area contributed by atoms with Crippen LogP contribution < -0.4 is 19.5 Å². The highest BCUT2D eigenvalue weighted by Crippen LogP contribution is 2.31. The Morgan fingerprint density at radius 2 is 1.90 bits per heavy atom. The summed E-state index contributed by atoms with van der Waals surface area (Å²) in [5.41, 5.74) is 0.898. The maximum atomic E-state index is 12.5. The number of carbonyl (C=O) groups excluding carboxylic acids is 1. The Morgan fingerprint density at radius 1 is 1.10 bits per heavy atom. The van der Waals surface area contributed by atoms with Gasteiger partial charge < -0.3 is 14.8 Å². The molecule has 0 unspecified atom stereocenters. The van der Waals surface area contributed by atoms with E-state index < -0.39 is 10.0 Å². The largest absolute Gasteiger partial charge is 0.490 e. The van der Waals surface area contributed by atoms with Gasteiger partial charge in [-0.1, -0.05) is 12.1 Å². The van der Waals surface area contributed by atoms with E-state index in [-0.39, 0.29) is 23.8 Å². The highest BCUT2D eigenvalue weighted by molar-refractivity contribution is 7.89. The fourth-order valence-corrected chi connectivity index (χ4v) is 4.91. The maximum absolute atomic E-state index is 12.5. The van der Waals surface area contributed by atoms with Gasteiger partial charge in [0.25, 0.3) is 0 Å². The molecular formula is C20H21N3O5S2. The van der Waals surface area contributed by atoms with Gasteiger partial charge in [0.1, 0.15) is 5.01 Å². The highest BCUT2D eigenvalue weighted by Gasteiger charge is 2.19. The smallest absolute Gasteiger partial charge is 0.240 e. The third-order valence-electron chi connectivity index (χ3n) is 4.45. The van der Waals surface area contributed by atoms with E-state index in [4.69, 9.17) is 9.47 Å². The van der Waals surface area contributed by atoms with E-state index in [1.165, 1.54) is 23.5 Å². The van der Waals surface area contributed by atoms with E-state index in [0.29, 0.717) is 31.3 Å². The maximum Gasteiger partial charge on any atom is 0.240 e. The van der Waals surface area contributed by atoms with Gasteiger partial charge in [-0.2, -0.15) is 0 Å². The molecule has 1 aromatic heterocycles. The molecule has 0 bridgehead atoms. The molecule has 2 aromatic carbocycles. The van der Waals surface area contributed by atoms with Crippen LogP contribution in [0.25, 0.3) is 10.2 Å². The standard InChI is InChI=1S/C20H21N3O5S2/c24-19(21-13-20-23-15-4-1-2-5-18(15)29-20)8-9-22-30(25,26)14-6-7-16-17(12-14)28-11-3-10-27-16/h1-2,4-7,12,22H,3,8-11,13H2,(H,21,24). The number of para-hydroxylation sites is 1. The first-order valence-corrected chi connectivity index (χ1v) is 11.8. The van der Waals surface area contributed by atoms with Crippen molar-refractivity contribution in [3.8, 4) is 11.5 Å². The zero-order valence-electron chi connectivity index (χ0n) is 16.1. The molecular weight excluding hydrogens is 426 g/mol. The lowest BCUT2D eigenvalue weighted by Crippen LogP contribution is -2.30. The summed E-state index contributed by atoms with van der Waals surface area (Å²) in [6, 6.07) is 12.2. The van der Waals surface area contributed by atoms with Crippen LogP contribution in [-0.2, 0) is 21.4 Å². The number of rotatable bonds is 7. The first kappa shape index (κ1) is 20.6. The predicted octanol–water partition coefficient (Wildman–Crippen LogP) is 2.44. The molecule has 0 saturated carbocycles. The molecule has 158 valence electrons. The van der Waals surface area contributed by atoms with E-state index >= 15 is 0 Å². The van der Waals surface area contributed by atoms with Crippen molar-refractivity contribution in [3.63, 3.8) is 0 Å². The summed E-state index contributed by atoms with van der Waals surface area (Å²) in [6.45, 7) is 1.30. The Balaban J connectivity index is 1.28. The zero-order chi connectivity index (χ0) is 21.0. The summed E-state index contributed by atoms with van der Waals surface area (Å²) in [6.07, 6.45) is 0.760. The van der Waals surface area contributed by atoms with Crippen molar-refractivity contribution in [2.75, 3.05) is 19.8 Å².